The molecule has 0 bridgehead atoms. The minimum Gasteiger partial charge on any atom is -0.317 e. The number of amides is 1. The average molecular weight is 374 g/mol. The number of rotatable bonds is 6. The van der Waals surface area contributed by atoms with Gasteiger partial charge in [-0.25, -0.2) is 4.99 Å². The molecule has 0 saturated carbocycles. The summed E-state index contributed by atoms with van der Waals surface area (Å²) in [6.45, 7) is 6.38. The van der Waals surface area contributed by atoms with Gasteiger partial charge in [-0.2, -0.15) is 5.10 Å². The van der Waals surface area contributed by atoms with E-state index < -0.39 is 0 Å². The quantitative estimate of drug-likeness (QED) is 0.461. The smallest absolute Gasteiger partial charge is 0.212 e. The lowest BCUT2D eigenvalue weighted by atomic mass is 9.92. The fourth-order valence-corrected chi connectivity index (χ4v) is 4.42. The highest BCUT2D eigenvalue weighted by molar-refractivity contribution is 7.16. The highest BCUT2D eigenvalue weighted by atomic mass is 32.1. The van der Waals surface area contributed by atoms with E-state index in [-0.39, 0.29) is 0 Å². The van der Waals surface area contributed by atoms with Gasteiger partial charge in [0.25, 0.3) is 0 Å². The molecule has 0 atom stereocenters. The van der Waals surface area contributed by atoms with Gasteiger partial charge < -0.3 is 10.2 Å². The number of hydrogen-bond donors (Lipinski definition) is 2. The van der Waals surface area contributed by atoms with Crippen molar-refractivity contribution in [1.29, 1.82) is 0 Å². The number of likely N-dealkylation sites (tertiary alicyclic amines) is 1. The summed E-state index contributed by atoms with van der Waals surface area (Å²) < 4.78 is 0. The number of carbonyl (C=O) groups is 1. The SMILES string of the molecule is Cc1n[nH]cc1-c1cc(/N=C(/CCC2CCN(C)CC2)NC=O)c(C)s1. The van der Waals surface area contributed by atoms with Crippen molar-refractivity contribution in [2.75, 3.05) is 20.1 Å². The minimum atomic E-state index is 0.720. The average Bonchev–Trinajstić information content (AvgIpc) is 3.20. The van der Waals surface area contributed by atoms with Crippen LogP contribution in [0.1, 0.15) is 36.3 Å². The zero-order valence-corrected chi connectivity index (χ0v) is 16.5. The number of nitrogens with zero attached hydrogens (tertiary/aromatic N) is 3. The fraction of sp³-hybridized carbons (Fsp3) is 0.526. The predicted molar refractivity (Wildman–Crippen MR) is 107 cm³/mol. The number of aromatic nitrogens is 2. The van der Waals surface area contributed by atoms with Gasteiger partial charge in [0.15, 0.2) is 0 Å². The van der Waals surface area contributed by atoms with Gasteiger partial charge in [-0.3, -0.25) is 9.89 Å². The van der Waals surface area contributed by atoms with E-state index >= 15 is 0 Å². The van der Waals surface area contributed by atoms with Crippen LogP contribution in [-0.4, -0.2) is 47.5 Å². The molecule has 1 saturated heterocycles. The van der Waals surface area contributed by atoms with Crippen LogP contribution in [0.15, 0.2) is 17.3 Å². The molecule has 1 aliphatic rings. The number of hydrogen-bond acceptors (Lipinski definition) is 5. The molecule has 2 aromatic rings. The van der Waals surface area contributed by atoms with Crippen molar-refractivity contribution in [3.05, 3.63) is 22.8 Å². The van der Waals surface area contributed by atoms with Crippen LogP contribution < -0.4 is 5.32 Å². The molecule has 6 nitrogen and oxygen atoms in total. The van der Waals surface area contributed by atoms with Gasteiger partial charge in [0.05, 0.1) is 11.4 Å². The Labute approximate surface area is 158 Å². The molecule has 3 heterocycles. The lowest BCUT2D eigenvalue weighted by Gasteiger charge is -2.28. The topological polar surface area (TPSA) is 73.4 Å². The Morgan fingerprint density at radius 3 is 2.88 bits per heavy atom. The van der Waals surface area contributed by atoms with Gasteiger partial charge in [0, 0.05) is 27.9 Å². The van der Waals surface area contributed by atoms with Crippen molar-refractivity contribution in [2.24, 2.45) is 10.9 Å². The summed E-state index contributed by atoms with van der Waals surface area (Å²) in [6, 6.07) is 2.08. The second-order valence-electron chi connectivity index (χ2n) is 7.04. The Bertz CT molecular complexity index is 771. The van der Waals surface area contributed by atoms with Gasteiger partial charge in [-0.1, -0.05) is 0 Å². The summed E-state index contributed by atoms with van der Waals surface area (Å²) in [5, 5.41) is 9.90. The van der Waals surface area contributed by atoms with Crippen LogP contribution in [0, 0.1) is 19.8 Å². The van der Waals surface area contributed by atoms with E-state index in [1.165, 1.54) is 12.8 Å². The van der Waals surface area contributed by atoms with Gasteiger partial charge >= 0.3 is 0 Å². The van der Waals surface area contributed by atoms with Gasteiger partial charge in [0.2, 0.25) is 6.41 Å². The number of aryl methyl sites for hydroxylation is 2. The number of H-pyrrole nitrogens is 1. The Hall–Kier alpha value is -1.99. The Morgan fingerprint density at radius 2 is 2.23 bits per heavy atom. The lowest BCUT2D eigenvalue weighted by Crippen LogP contribution is -2.31. The van der Waals surface area contributed by atoms with Crippen molar-refractivity contribution in [3.8, 4) is 10.4 Å². The number of nitrogens with one attached hydrogen (secondary N) is 2. The maximum Gasteiger partial charge on any atom is 0.212 e. The molecule has 3 rings (SSSR count). The third kappa shape index (κ3) is 4.59. The summed E-state index contributed by atoms with van der Waals surface area (Å²) >= 11 is 1.70. The third-order valence-electron chi connectivity index (χ3n) is 5.10. The van der Waals surface area contributed by atoms with Crippen LogP contribution in [-0.2, 0) is 4.79 Å². The third-order valence-corrected chi connectivity index (χ3v) is 6.17. The van der Waals surface area contributed by atoms with Gasteiger partial charge in [-0.05, 0) is 65.2 Å². The molecule has 0 radical (unpaired) electrons. The molecule has 140 valence electrons. The van der Waals surface area contributed by atoms with Crippen LogP contribution in [0.5, 0.6) is 0 Å². The van der Waals surface area contributed by atoms with E-state index in [0.29, 0.717) is 0 Å². The Morgan fingerprint density at radius 1 is 1.46 bits per heavy atom. The standard InChI is InChI=1S/C19H27N5OS/c1-13-16(11-21-23-13)18-10-17(14(2)26-18)22-19(20-12-25)5-4-15-6-8-24(3)9-7-15/h10-12,15H,4-9H2,1-3H3,(H,21,23)(H,20,22,25). The molecule has 2 N–H and O–H groups in total. The summed E-state index contributed by atoms with van der Waals surface area (Å²) in [6.07, 6.45) is 6.99. The van der Waals surface area contributed by atoms with E-state index in [1.54, 1.807) is 11.3 Å². The number of aromatic amines is 1. The number of piperidine rings is 1. The van der Waals surface area contributed by atoms with Gasteiger partial charge in [-0.15, -0.1) is 11.3 Å². The van der Waals surface area contributed by atoms with Crippen LogP contribution in [0.25, 0.3) is 10.4 Å². The van der Waals surface area contributed by atoms with Crippen molar-refractivity contribution in [2.45, 2.75) is 39.5 Å². The molecule has 0 spiro atoms. The van der Waals surface area contributed by atoms with Crippen molar-refractivity contribution < 1.29 is 4.79 Å². The molecule has 1 aliphatic heterocycles. The van der Waals surface area contributed by atoms with Gasteiger partial charge in [0.1, 0.15) is 5.84 Å². The first-order valence-electron chi connectivity index (χ1n) is 9.14. The van der Waals surface area contributed by atoms with Crippen LogP contribution in [0.3, 0.4) is 0 Å². The number of thiophene rings is 1. The largest absolute Gasteiger partial charge is 0.317 e. The van der Waals surface area contributed by atoms with E-state index in [2.05, 4.69) is 40.5 Å². The maximum absolute atomic E-state index is 11.0. The first-order valence-corrected chi connectivity index (χ1v) is 9.96. The molecular weight excluding hydrogens is 346 g/mol. The molecule has 26 heavy (non-hydrogen) atoms. The molecule has 1 fully saturated rings. The highest BCUT2D eigenvalue weighted by Gasteiger charge is 2.17. The van der Waals surface area contributed by atoms with Crippen molar-refractivity contribution >= 4 is 29.3 Å². The maximum atomic E-state index is 11.0. The monoisotopic (exact) mass is 373 g/mol. The fourth-order valence-electron chi connectivity index (χ4n) is 3.39. The normalized spacial score (nSPS) is 16.8. The lowest BCUT2D eigenvalue weighted by molar-refractivity contribution is -0.108. The van der Waals surface area contributed by atoms with Crippen LogP contribution >= 0.6 is 11.3 Å². The minimum absolute atomic E-state index is 0.720. The molecule has 0 unspecified atom stereocenters. The zero-order valence-electron chi connectivity index (χ0n) is 15.7. The molecular formula is C19H27N5OS. The van der Waals surface area contributed by atoms with E-state index in [1.807, 2.05) is 13.1 Å². The number of amidine groups is 1. The number of carbonyl (C=O) groups excluding carboxylic acids is 1. The van der Waals surface area contributed by atoms with Crippen LogP contribution in [0.4, 0.5) is 5.69 Å². The summed E-state index contributed by atoms with van der Waals surface area (Å²) in [7, 11) is 2.18. The van der Waals surface area contributed by atoms with Crippen LogP contribution in [0.2, 0.25) is 0 Å². The van der Waals surface area contributed by atoms with E-state index in [0.717, 1.165) is 70.8 Å². The zero-order chi connectivity index (χ0) is 18.5. The first kappa shape index (κ1) is 18.8. The van der Waals surface area contributed by atoms with Crippen molar-refractivity contribution in [3.63, 3.8) is 0 Å². The molecule has 2 aromatic heterocycles. The summed E-state index contributed by atoms with van der Waals surface area (Å²) in [5.74, 6) is 1.48. The molecule has 7 heteroatoms. The predicted octanol–water partition coefficient (Wildman–Crippen LogP) is 3.65. The first-order chi connectivity index (χ1) is 12.6. The van der Waals surface area contributed by atoms with Crippen molar-refractivity contribution in [1.82, 2.24) is 20.4 Å². The van der Waals surface area contributed by atoms with E-state index in [4.69, 9.17) is 4.99 Å². The molecule has 1 amide bonds. The summed E-state index contributed by atoms with van der Waals surface area (Å²) in [5.41, 5.74) is 3.02. The highest BCUT2D eigenvalue weighted by Crippen LogP contribution is 2.37. The summed E-state index contributed by atoms with van der Waals surface area (Å²) in [4.78, 5) is 20.4. The Kier molecular flexibility index (Phi) is 6.21. The molecule has 0 aliphatic carbocycles. The second kappa shape index (κ2) is 8.60. The second-order valence-corrected chi connectivity index (χ2v) is 8.30. The van der Waals surface area contributed by atoms with E-state index in [9.17, 15) is 4.79 Å². The Balaban J connectivity index is 1.71. The number of aliphatic imine (C=N–C) groups is 1. The molecule has 0 aromatic carbocycles.